The normalized spacial score (nSPS) is 15.2. The summed E-state index contributed by atoms with van der Waals surface area (Å²) in [5, 5.41) is 25.0. The fourth-order valence-corrected chi connectivity index (χ4v) is 1.91. The average Bonchev–Trinajstić information content (AvgIpc) is 2.88. The summed E-state index contributed by atoms with van der Waals surface area (Å²) >= 11 is 0. The van der Waals surface area contributed by atoms with E-state index in [2.05, 4.69) is 6.58 Å². The maximum Gasteiger partial charge on any atom is 0.331 e. The number of hydrogen-bond donors (Lipinski definition) is 3. The lowest BCUT2D eigenvalue weighted by Gasteiger charge is -2.09. The zero-order valence-electron chi connectivity index (χ0n) is 11.3. The number of aliphatic hydroxyl groups excluding tert-OH is 2. The Morgan fingerprint density at radius 2 is 1.75 bits per heavy atom. The number of allylic oxidation sites excluding steroid dienone is 1. The van der Waals surface area contributed by atoms with Crippen LogP contribution in [0.4, 0.5) is 0 Å². The molecular weight excluding hydrogens is 256 g/mol. The molecule has 0 aliphatic heterocycles. The van der Waals surface area contributed by atoms with Crippen LogP contribution < -0.4 is 0 Å². The highest BCUT2D eigenvalue weighted by Crippen LogP contribution is 2.34. The fourth-order valence-electron chi connectivity index (χ4n) is 1.91. The minimum Gasteiger partial charge on any atom is -0.478 e. The number of benzene rings is 1. The molecule has 1 aliphatic carbocycles. The third kappa shape index (κ3) is 4.33. The van der Waals surface area contributed by atoms with E-state index in [-0.39, 0.29) is 24.7 Å². The average molecular weight is 276 g/mol. The van der Waals surface area contributed by atoms with E-state index in [4.69, 9.17) is 15.3 Å². The van der Waals surface area contributed by atoms with Crippen LogP contribution in [-0.2, 0) is 4.79 Å². The monoisotopic (exact) mass is 276 g/mol. The van der Waals surface area contributed by atoms with E-state index < -0.39 is 5.97 Å². The first kappa shape index (κ1) is 16.1. The van der Waals surface area contributed by atoms with E-state index in [1.807, 2.05) is 36.4 Å². The number of fused-ring (bicyclic) bond motifs is 1. The van der Waals surface area contributed by atoms with Gasteiger partial charge in [0.25, 0.3) is 0 Å². The van der Waals surface area contributed by atoms with Gasteiger partial charge in [-0.25, -0.2) is 4.79 Å². The standard InChI is InChI=1S/C12H10O2.C4H10O2/c1-8(12(13)14)10-7-6-9-4-2-3-5-11(9)10;5-3-1-2-4-6/h2-7,10H,1H2,(H,13,14);5-6H,1-4H2. The predicted octanol–water partition coefficient (Wildman–Crippen LogP) is 2.19. The van der Waals surface area contributed by atoms with Gasteiger partial charge in [0, 0.05) is 24.7 Å². The third-order valence-corrected chi connectivity index (χ3v) is 3.02. The van der Waals surface area contributed by atoms with Crippen molar-refractivity contribution in [2.75, 3.05) is 13.2 Å². The first-order valence-corrected chi connectivity index (χ1v) is 6.52. The summed E-state index contributed by atoms with van der Waals surface area (Å²) in [6.07, 6.45) is 5.25. The van der Waals surface area contributed by atoms with Crippen LogP contribution in [0.3, 0.4) is 0 Å². The van der Waals surface area contributed by atoms with Crippen molar-refractivity contribution in [1.82, 2.24) is 0 Å². The molecule has 2 rings (SSSR count). The topological polar surface area (TPSA) is 77.8 Å². The summed E-state index contributed by atoms with van der Waals surface area (Å²) in [6.45, 7) is 3.97. The lowest BCUT2D eigenvalue weighted by molar-refractivity contribution is -0.132. The van der Waals surface area contributed by atoms with E-state index in [0.717, 1.165) is 24.0 Å². The second-order valence-electron chi connectivity index (χ2n) is 4.45. The molecule has 0 spiro atoms. The predicted molar refractivity (Wildman–Crippen MR) is 78.4 cm³/mol. The van der Waals surface area contributed by atoms with Gasteiger partial charge in [-0.2, -0.15) is 0 Å². The van der Waals surface area contributed by atoms with E-state index >= 15 is 0 Å². The van der Waals surface area contributed by atoms with Crippen molar-refractivity contribution in [2.45, 2.75) is 18.8 Å². The summed E-state index contributed by atoms with van der Waals surface area (Å²) in [7, 11) is 0. The van der Waals surface area contributed by atoms with Crippen molar-refractivity contribution >= 4 is 12.0 Å². The molecule has 108 valence electrons. The molecule has 4 nitrogen and oxygen atoms in total. The highest BCUT2D eigenvalue weighted by atomic mass is 16.4. The number of hydrogen-bond acceptors (Lipinski definition) is 3. The number of aliphatic hydroxyl groups is 2. The van der Waals surface area contributed by atoms with Crippen LogP contribution in [0.5, 0.6) is 0 Å². The Balaban J connectivity index is 0.000000286. The van der Waals surface area contributed by atoms with E-state index in [9.17, 15) is 4.79 Å². The summed E-state index contributed by atoms with van der Waals surface area (Å²) < 4.78 is 0. The molecule has 0 saturated heterocycles. The first-order valence-electron chi connectivity index (χ1n) is 6.52. The Labute approximate surface area is 118 Å². The molecule has 1 atom stereocenters. The Kier molecular flexibility index (Phi) is 6.70. The molecular formula is C16H20O4. The van der Waals surface area contributed by atoms with Gasteiger partial charge in [-0.15, -0.1) is 0 Å². The molecule has 0 fully saturated rings. The Bertz CT molecular complexity index is 487. The minimum absolute atomic E-state index is 0.163. The maximum absolute atomic E-state index is 10.8. The molecule has 20 heavy (non-hydrogen) atoms. The van der Waals surface area contributed by atoms with Gasteiger partial charge in [-0.1, -0.05) is 43.0 Å². The second-order valence-corrected chi connectivity index (χ2v) is 4.45. The van der Waals surface area contributed by atoms with E-state index in [1.165, 1.54) is 0 Å². The molecule has 1 aliphatic rings. The van der Waals surface area contributed by atoms with Gasteiger partial charge in [-0.05, 0) is 24.0 Å². The minimum atomic E-state index is -0.934. The number of unbranched alkanes of at least 4 members (excludes halogenated alkanes) is 1. The number of rotatable bonds is 5. The number of carbonyl (C=O) groups is 1. The Morgan fingerprint density at radius 3 is 2.30 bits per heavy atom. The lowest BCUT2D eigenvalue weighted by Crippen LogP contribution is -2.06. The van der Waals surface area contributed by atoms with Crippen molar-refractivity contribution in [3.63, 3.8) is 0 Å². The van der Waals surface area contributed by atoms with Gasteiger partial charge in [0.05, 0.1) is 0 Å². The summed E-state index contributed by atoms with van der Waals surface area (Å²) in [5.74, 6) is -1.10. The number of aliphatic carboxylic acids is 1. The van der Waals surface area contributed by atoms with Gasteiger partial charge >= 0.3 is 5.97 Å². The van der Waals surface area contributed by atoms with Gasteiger partial charge in [0.1, 0.15) is 0 Å². The number of carboxylic acid groups (broad SMARTS) is 1. The van der Waals surface area contributed by atoms with Gasteiger partial charge in [0.2, 0.25) is 0 Å². The third-order valence-electron chi connectivity index (χ3n) is 3.02. The summed E-state index contributed by atoms with van der Waals surface area (Å²) in [4.78, 5) is 10.8. The molecule has 1 unspecified atom stereocenters. The van der Waals surface area contributed by atoms with Crippen LogP contribution in [0, 0.1) is 0 Å². The van der Waals surface area contributed by atoms with Crippen molar-refractivity contribution < 1.29 is 20.1 Å². The largest absolute Gasteiger partial charge is 0.478 e. The quantitative estimate of drug-likeness (QED) is 0.569. The van der Waals surface area contributed by atoms with Crippen LogP contribution in [0.15, 0.2) is 42.5 Å². The van der Waals surface area contributed by atoms with Gasteiger partial charge < -0.3 is 15.3 Å². The van der Waals surface area contributed by atoms with Crippen molar-refractivity contribution in [3.05, 3.63) is 53.6 Å². The van der Waals surface area contributed by atoms with Crippen LogP contribution in [-0.4, -0.2) is 34.5 Å². The zero-order chi connectivity index (χ0) is 15.0. The molecule has 0 bridgehead atoms. The first-order chi connectivity index (χ1) is 9.61. The van der Waals surface area contributed by atoms with Gasteiger partial charge in [-0.3, -0.25) is 0 Å². The van der Waals surface area contributed by atoms with Crippen molar-refractivity contribution in [3.8, 4) is 0 Å². The lowest BCUT2D eigenvalue weighted by atomic mass is 9.94. The molecule has 1 aromatic carbocycles. The van der Waals surface area contributed by atoms with E-state index in [0.29, 0.717) is 0 Å². The maximum atomic E-state index is 10.8. The molecule has 4 heteroatoms. The Hall–Kier alpha value is -1.91. The van der Waals surface area contributed by atoms with Gasteiger partial charge in [0.15, 0.2) is 0 Å². The zero-order valence-corrected chi connectivity index (χ0v) is 11.3. The molecule has 0 heterocycles. The molecule has 0 amide bonds. The highest BCUT2D eigenvalue weighted by molar-refractivity contribution is 5.90. The fraction of sp³-hybridized carbons (Fsp3) is 0.312. The molecule has 0 aromatic heterocycles. The SMILES string of the molecule is C=C(C(=O)O)C1C=Cc2ccccc21.OCCCCO. The highest BCUT2D eigenvalue weighted by Gasteiger charge is 2.22. The van der Waals surface area contributed by atoms with Crippen LogP contribution in [0.2, 0.25) is 0 Å². The van der Waals surface area contributed by atoms with Crippen molar-refractivity contribution in [1.29, 1.82) is 0 Å². The van der Waals surface area contributed by atoms with Crippen LogP contribution >= 0.6 is 0 Å². The van der Waals surface area contributed by atoms with Crippen LogP contribution in [0.25, 0.3) is 6.08 Å². The molecule has 0 saturated carbocycles. The number of carboxylic acids is 1. The Morgan fingerprint density at radius 1 is 1.15 bits per heavy atom. The molecule has 0 radical (unpaired) electrons. The van der Waals surface area contributed by atoms with Crippen LogP contribution in [0.1, 0.15) is 29.9 Å². The summed E-state index contributed by atoms with van der Waals surface area (Å²) in [5.41, 5.74) is 2.34. The summed E-state index contributed by atoms with van der Waals surface area (Å²) in [6, 6.07) is 7.76. The van der Waals surface area contributed by atoms with Crippen molar-refractivity contribution in [2.24, 2.45) is 0 Å². The molecule has 1 aromatic rings. The molecule has 3 N–H and O–H groups in total. The second kappa shape index (κ2) is 8.30. The smallest absolute Gasteiger partial charge is 0.331 e. The van der Waals surface area contributed by atoms with E-state index in [1.54, 1.807) is 0 Å².